The van der Waals surface area contributed by atoms with Crippen LogP contribution in [-0.2, 0) is 25.4 Å². The van der Waals surface area contributed by atoms with Gasteiger partial charge in [-0.05, 0) is 30.4 Å². The number of ether oxygens (including phenoxy) is 5. The number of cyclic esters (lactones) is 1. The van der Waals surface area contributed by atoms with E-state index < -0.39 is 12.1 Å². The predicted molar refractivity (Wildman–Crippen MR) is 108 cm³/mol. The van der Waals surface area contributed by atoms with Gasteiger partial charge < -0.3 is 28.8 Å². The van der Waals surface area contributed by atoms with Crippen molar-refractivity contribution in [3.05, 3.63) is 41.5 Å². The van der Waals surface area contributed by atoms with Crippen LogP contribution < -0.4 is 4.74 Å². The van der Waals surface area contributed by atoms with E-state index in [4.69, 9.17) is 23.7 Å². The zero-order chi connectivity index (χ0) is 21.1. The van der Waals surface area contributed by atoms with Crippen molar-refractivity contribution in [3.8, 4) is 5.75 Å². The Morgan fingerprint density at radius 3 is 2.69 bits per heavy atom. The van der Waals surface area contributed by atoms with E-state index in [9.17, 15) is 9.90 Å². The summed E-state index contributed by atoms with van der Waals surface area (Å²) in [5.41, 5.74) is 1.21. The Bertz CT molecular complexity index is 659. The molecule has 3 atom stereocenters. The van der Waals surface area contributed by atoms with E-state index in [0.29, 0.717) is 30.6 Å². The highest BCUT2D eigenvalue weighted by molar-refractivity contribution is 5.94. The zero-order valence-corrected chi connectivity index (χ0v) is 17.5. The molecule has 1 aliphatic rings. The highest BCUT2D eigenvalue weighted by atomic mass is 16.7. The molecule has 0 saturated heterocycles. The second-order valence-electron chi connectivity index (χ2n) is 7.12. The van der Waals surface area contributed by atoms with Crippen LogP contribution in [0.3, 0.4) is 0 Å². The average Bonchev–Trinajstić information content (AvgIpc) is 2.71. The lowest BCUT2D eigenvalue weighted by Crippen LogP contribution is -2.31. The monoisotopic (exact) mass is 408 g/mol. The number of rotatable bonds is 8. The second-order valence-corrected chi connectivity index (χ2v) is 7.12. The minimum absolute atomic E-state index is 0.0318. The number of allylic oxidation sites excluding steroid dienone is 2. The Hall–Kier alpha value is -1.93. The van der Waals surface area contributed by atoms with Gasteiger partial charge in [-0.1, -0.05) is 31.2 Å². The second kappa shape index (κ2) is 12.6. The average molecular weight is 408 g/mol. The first-order valence-corrected chi connectivity index (χ1v) is 9.91. The van der Waals surface area contributed by atoms with Crippen LogP contribution in [0.5, 0.6) is 5.75 Å². The number of esters is 1. The highest BCUT2D eigenvalue weighted by Gasteiger charge is 2.27. The summed E-state index contributed by atoms with van der Waals surface area (Å²) >= 11 is 0. The van der Waals surface area contributed by atoms with Gasteiger partial charge in [0.15, 0.2) is 6.79 Å². The van der Waals surface area contributed by atoms with Gasteiger partial charge in [-0.2, -0.15) is 0 Å². The SMILES string of the molecule is COCOc1cccc2c1C(=O)O[C@H](CCO)C[C@H](OCOC)[C@H](C)C/C=C/C2. The number of methoxy groups -OCH3 is 2. The molecule has 0 saturated carbocycles. The standard InChI is InChI=1S/C22H32O7/c1-16-7-4-5-8-17-9-6-10-19(27-14-25-2)21(17)22(24)29-18(11-12-23)13-20(16)28-15-26-3/h4-6,9-10,16,18,20,23H,7-8,11-15H2,1-3H3/b5-4+/t16-,18-,20+/m1/s1. The summed E-state index contributed by atoms with van der Waals surface area (Å²) in [4.78, 5) is 13.1. The van der Waals surface area contributed by atoms with Crippen LogP contribution in [0, 0.1) is 5.92 Å². The van der Waals surface area contributed by atoms with Gasteiger partial charge in [0, 0.05) is 33.7 Å². The van der Waals surface area contributed by atoms with Gasteiger partial charge in [0.1, 0.15) is 24.2 Å². The summed E-state index contributed by atoms with van der Waals surface area (Å²) in [6, 6.07) is 5.46. The molecule has 1 aliphatic heterocycles. The third-order valence-corrected chi connectivity index (χ3v) is 4.92. The number of aliphatic hydroxyl groups is 1. The Balaban J connectivity index is 2.35. The highest BCUT2D eigenvalue weighted by Crippen LogP contribution is 2.28. The van der Waals surface area contributed by atoms with Crippen molar-refractivity contribution in [3.63, 3.8) is 0 Å². The van der Waals surface area contributed by atoms with Gasteiger partial charge in [-0.3, -0.25) is 0 Å². The molecule has 0 aromatic heterocycles. The maximum absolute atomic E-state index is 13.1. The van der Waals surface area contributed by atoms with E-state index in [2.05, 4.69) is 13.0 Å². The predicted octanol–water partition coefficient (Wildman–Crippen LogP) is 3.09. The largest absolute Gasteiger partial charge is 0.467 e. The molecule has 0 amide bonds. The molecule has 0 spiro atoms. The lowest BCUT2D eigenvalue weighted by Gasteiger charge is -2.28. The van der Waals surface area contributed by atoms with E-state index in [1.165, 1.54) is 7.11 Å². The van der Waals surface area contributed by atoms with Crippen molar-refractivity contribution in [1.29, 1.82) is 0 Å². The fraction of sp³-hybridized carbons (Fsp3) is 0.591. The molecule has 162 valence electrons. The van der Waals surface area contributed by atoms with Crippen LogP contribution in [0.2, 0.25) is 0 Å². The normalized spacial score (nSPS) is 24.0. The molecule has 1 aromatic carbocycles. The first-order valence-electron chi connectivity index (χ1n) is 9.91. The third-order valence-electron chi connectivity index (χ3n) is 4.92. The number of carbonyl (C=O) groups excluding carboxylic acids is 1. The Kier molecular flexibility index (Phi) is 10.1. The number of fused-ring (bicyclic) bond motifs is 1. The molecule has 0 bridgehead atoms. The molecular formula is C22H32O7. The zero-order valence-electron chi connectivity index (χ0n) is 17.5. The number of hydrogen-bond acceptors (Lipinski definition) is 7. The molecule has 7 nitrogen and oxygen atoms in total. The minimum atomic E-state index is -0.483. The van der Waals surface area contributed by atoms with Crippen molar-refractivity contribution in [2.75, 3.05) is 34.4 Å². The molecule has 1 aromatic rings. The molecule has 0 fully saturated rings. The first kappa shape index (κ1) is 23.3. The molecule has 0 radical (unpaired) electrons. The van der Waals surface area contributed by atoms with Gasteiger partial charge in [0.25, 0.3) is 0 Å². The number of carbonyl (C=O) groups is 1. The summed E-state index contributed by atoms with van der Waals surface area (Å²) in [6.07, 6.45) is 5.71. The topological polar surface area (TPSA) is 83.5 Å². The fourth-order valence-electron chi connectivity index (χ4n) is 3.35. The molecular weight excluding hydrogens is 376 g/mol. The minimum Gasteiger partial charge on any atom is -0.467 e. The smallest absolute Gasteiger partial charge is 0.342 e. The lowest BCUT2D eigenvalue weighted by atomic mass is 9.93. The number of hydrogen-bond donors (Lipinski definition) is 1. The van der Waals surface area contributed by atoms with Crippen LogP contribution in [0.1, 0.15) is 42.1 Å². The van der Waals surface area contributed by atoms with Crippen molar-refractivity contribution in [2.24, 2.45) is 5.92 Å². The van der Waals surface area contributed by atoms with Gasteiger partial charge in [0.2, 0.25) is 0 Å². The van der Waals surface area contributed by atoms with Crippen LogP contribution in [0.4, 0.5) is 0 Å². The van der Waals surface area contributed by atoms with Crippen molar-refractivity contribution >= 4 is 5.97 Å². The Labute approximate surface area is 172 Å². The van der Waals surface area contributed by atoms with Gasteiger partial charge in [-0.15, -0.1) is 0 Å². The summed E-state index contributed by atoms with van der Waals surface area (Å²) in [7, 11) is 3.10. The Morgan fingerprint density at radius 2 is 1.97 bits per heavy atom. The van der Waals surface area contributed by atoms with Gasteiger partial charge in [0.05, 0.1) is 6.10 Å². The van der Waals surface area contributed by atoms with E-state index in [1.54, 1.807) is 13.2 Å². The van der Waals surface area contributed by atoms with Crippen molar-refractivity contribution in [1.82, 2.24) is 0 Å². The van der Waals surface area contributed by atoms with Gasteiger partial charge in [-0.25, -0.2) is 4.79 Å². The van der Waals surface area contributed by atoms with E-state index in [-0.39, 0.29) is 32.2 Å². The van der Waals surface area contributed by atoms with Crippen LogP contribution in [-0.4, -0.2) is 57.7 Å². The first-order chi connectivity index (χ1) is 14.1. The number of benzene rings is 1. The molecule has 0 unspecified atom stereocenters. The summed E-state index contributed by atoms with van der Waals surface area (Å²) in [6.45, 7) is 2.21. The fourth-order valence-corrected chi connectivity index (χ4v) is 3.35. The number of aliphatic hydroxyl groups excluding tert-OH is 1. The summed E-state index contributed by atoms with van der Waals surface area (Å²) in [5.74, 6) is 0.150. The lowest BCUT2D eigenvalue weighted by molar-refractivity contribution is -0.104. The van der Waals surface area contributed by atoms with E-state index in [0.717, 1.165) is 12.0 Å². The van der Waals surface area contributed by atoms with Crippen LogP contribution in [0.25, 0.3) is 0 Å². The van der Waals surface area contributed by atoms with E-state index in [1.807, 2.05) is 18.2 Å². The third kappa shape index (κ3) is 7.12. The van der Waals surface area contributed by atoms with E-state index >= 15 is 0 Å². The van der Waals surface area contributed by atoms with Crippen LogP contribution in [0.15, 0.2) is 30.4 Å². The molecule has 0 aliphatic carbocycles. The molecule has 2 rings (SSSR count). The molecule has 7 heteroatoms. The van der Waals surface area contributed by atoms with Gasteiger partial charge >= 0.3 is 5.97 Å². The maximum Gasteiger partial charge on any atom is 0.342 e. The van der Waals surface area contributed by atoms with Crippen molar-refractivity contribution in [2.45, 2.75) is 44.8 Å². The summed E-state index contributed by atoms with van der Waals surface area (Å²) in [5, 5.41) is 9.48. The van der Waals surface area contributed by atoms with Crippen molar-refractivity contribution < 1.29 is 33.6 Å². The van der Waals surface area contributed by atoms with Crippen LogP contribution >= 0.6 is 0 Å². The summed E-state index contributed by atoms with van der Waals surface area (Å²) < 4.78 is 27.3. The quantitative estimate of drug-likeness (QED) is 0.402. The Morgan fingerprint density at radius 1 is 1.17 bits per heavy atom. The molecule has 1 heterocycles. The maximum atomic E-state index is 13.1. The molecule has 29 heavy (non-hydrogen) atoms. The molecule has 1 N–H and O–H groups in total.